The number of rotatable bonds is 7. The molecule has 1 aliphatic heterocycles. The highest BCUT2D eigenvalue weighted by molar-refractivity contribution is 5.40. The molecule has 3 unspecified atom stereocenters. The van der Waals surface area contributed by atoms with E-state index in [9.17, 15) is 9.50 Å². The van der Waals surface area contributed by atoms with Gasteiger partial charge in [0.2, 0.25) is 0 Å². The summed E-state index contributed by atoms with van der Waals surface area (Å²) in [4.78, 5) is 2.32. The van der Waals surface area contributed by atoms with Crippen molar-refractivity contribution in [3.05, 3.63) is 101 Å². The van der Waals surface area contributed by atoms with Gasteiger partial charge < -0.3 is 14.6 Å². The molecular weight excluding hydrogens is 393 g/mol. The van der Waals surface area contributed by atoms with E-state index < -0.39 is 12.0 Å². The maximum absolute atomic E-state index is 14.3. The molecule has 31 heavy (non-hydrogen) atoms. The van der Waals surface area contributed by atoms with Gasteiger partial charge in [-0.15, -0.1) is 0 Å². The topological polar surface area (TPSA) is 41.9 Å². The number of nitrogens with zero attached hydrogens (tertiary/aromatic N) is 1. The van der Waals surface area contributed by atoms with Crippen LogP contribution in [0.1, 0.15) is 28.7 Å². The zero-order chi connectivity index (χ0) is 21.6. The van der Waals surface area contributed by atoms with Crippen LogP contribution in [-0.2, 0) is 11.3 Å². The predicted octanol–water partition coefficient (Wildman–Crippen LogP) is 4.55. The fraction of sp³-hybridized carbons (Fsp3) is 0.308. The molecular formula is C26H28FNO3. The van der Waals surface area contributed by atoms with Crippen molar-refractivity contribution in [3.8, 4) is 5.75 Å². The molecule has 1 saturated heterocycles. The van der Waals surface area contributed by atoms with Gasteiger partial charge >= 0.3 is 0 Å². The zero-order valence-electron chi connectivity index (χ0n) is 17.7. The minimum atomic E-state index is -0.862. The van der Waals surface area contributed by atoms with Crippen LogP contribution >= 0.6 is 0 Å². The van der Waals surface area contributed by atoms with Crippen molar-refractivity contribution in [3.63, 3.8) is 0 Å². The summed E-state index contributed by atoms with van der Waals surface area (Å²) >= 11 is 0. The SMILES string of the molecule is COc1ccc(F)cc1C(C1CN(Cc2ccccc2)CCO1)C(O)c1ccccc1. The van der Waals surface area contributed by atoms with E-state index in [1.54, 1.807) is 13.2 Å². The molecule has 162 valence electrons. The minimum Gasteiger partial charge on any atom is -0.496 e. The Hall–Kier alpha value is -2.73. The molecule has 0 bridgehead atoms. The van der Waals surface area contributed by atoms with Gasteiger partial charge in [0.15, 0.2) is 0 Å². The van der Waals surface area contributed by atoms with Gasteiger partial charge in [0.25, 0.3) is 0 Å². The van der Waals surface area contributed by atoms with E-state index in [2.05, 4.69) is 17.0 Å². The number of hydrogen-bond acceptors (Lipinski definition) is 4. The Morgan fingerprint density at radius 1 is 1.06 bits per heavy atom. The second-order valence-electron chi connectivity index (χ2n) is 7.90. The van der Waals surface area contributed by atoms with Gasteiger partial charge in [0.1, 0.15) is 11.6 Å². The number of morpholine rings is 1. The van der Waals surface area contributed by atoms with Gasteiger partial charge in [-0.1, -0.05) is 60.7 Å². The van der Waals surface area contributed by atoms with E-state index in [0.717, 1.165) is 18.7 Å². The lowest BCUT2D eigenvalue weighted by molar-refractivity contribution is -0.0672. The van der Waals surface area contributed by atoms with Crippen molar-refractivity contribution in [2.45, 2.75) is 24.7 Å². The molecule has 3 aromatic carbocycles. The number of aliphatic hydroxyl groups excluding tert-OH is 1. The number of halogens is 1. The van der Waals surface area contributed by atoms with E-state index in [1.807, 2.05) is 48.5 Å². The minimum absolute atomic E-state index is 0.316. The lowest BCUT2D eigenvalue weighted by atomic mass is 9.83. The van der Waals surface area contributed by atoms with E-state index in [-0.39, 0.29) is 11.9 Å². The average Bonchev–Trinajstić information content (AvgIpc) is 2.81. The monoisotopic (exact) mass is 421 g/mol. The van der Waals surface area contributed by atoms with Crippen LogP contribution in [0.2, 0.25) is 0 Å². The molecule has 0 amide bonds. The molecule has 5 heteroatoms. The maximum atomic E-state index is 14.3. The van der Waals surface area contributed by atoms with E-state index in [0.29, 0.717) is 24.5 Å². The van der Waals surface area contributed by atoms with Crippen LogP contribution in [0.15, 0.2) is 78.9 Å². The summed E-state index contributed by atoms with van der Waals surface area (Å²) in [5.74, 6) is -0.296. The molecule has 0 aliphatic carbocycles. The van der Waals surface area contributed by atoms with Gasteiger partial charge in [0, 0.05) is 31.1 Å². The summed E-state index contributed by atoms with van der Waals surface area (Å²) < 4.78 is 26.0. The van der Waals surface area contributed by atoms with Crippen LogP contribution in [0.25, 0.3) is 0 Å². The molecule has 0 radical (unpaired) electrons. The van der Waals surface area contributed by atoms with Gasteiger partial charge in [-0.05, 0) is 29.3 Å². The van der Waals surface area contributed by atoms with Crippen molar-refractivity contribution >= 4 is 0 Å². The first-order valence-corrected chi connectivity index (χ1v) is 10.6. The number of benzene rings is 3. The molecule has 0 saturated carbocycles. The van der Waals surface area contributed by atoms with Crippen molar-refractivity contribution in [2.75, 3.05) is 26.8 Å². The highest BCUT2D eigenvalue weighted by Crippen LogP contribution is 2.41. The van der Waals surface area contributed by atoms with E-state index in [4.69, 9.17) is 9.47 Å². The van der Waals surface area contributed by atoms with Crippen molar-refractivity contribution in [2.24, 2.45) is 0 Å². The van der Waals surface area contributed by atoms with Crippen LogP contribution in [0, 0.1) is 5.82 Å². The van der Waals surface area contributed by atoms with E-state index in [1.165, 1.54) is 17.7 Å². The Bertz CT molecular complexity index is 967. The molecule has 0 spiro atoms. The molecule has 1 fully saturated rings. The summed E-state index contributed by atoms with van der Waals surface area (Å²) in [6.45, 7) is 2.78. The van der Waals surface area contributed by atoms with Gasteiger partial charge in [-0.2, -0.15) is 0 Å². The summed E-state index contributed by atoms with van der Waals surface area (Å²) in [5.41, 5.74) is 2.61. The molecule has 1 N–H and O–H groups in total. The average molecular weight is 422 g/mol. The first kappa shape index (κ1) is 21.5. The highest BCUT2D eigenvalue weighted by Gasteiger charge is 2.37. The van der Waals surface area contributed by atoms with Crippen molar-refractivity contribution < 1.29 is 19.0 Å². The summed E-state index contributed by atoms with van der Waals surface area (Å²) in [6, 6.07) is 24.2. The molecule has 4 rings (SSSR count). The molecule has 1 aliphatic rings. The van der Waals surface area contributed by atoms with Crippen molar-refractivity contribution in [1.29, 1.82) is 0 Å². The second-order valence-corrected chi connectivity index (χ2v) is 7.90. The Balaban J connectivity index is 1.66. The van der Waals surface area contributed by atoms with Gasteiger partial charge in [0.05, 0.1) is 25.9 Å². The van der Waals surface area contributed by atoms with Gasteiger partial charge in [-0.25, -0.2) is 4.39 Å². The number of ether oxygens (including phenoxy) is 2. The summed E-state index contributed by atoms with van der Waals surface area (Å²) in [5, 5.41) is 11.4. The van der Waals surface area contributed by atoms with E-state index >= 15 is 0 Å². The Labute approximate surface area is 182 Å². The summed E-state index contributed by atoms with van der Waals surface area (Å²) in [6.07, 6.45) is -1.18. The normalized spacial score (nSPS) is 19.0. The fourth-order valence-corrected chi connectivity index (χ4v) is 4.33. The van der Waals surface area contributed by atoms with Crippen molar-refractivity contribution in [1.82, 2.24) is 4.90 Å². The lowest BCUT2D eigenvalue weighted by Gasteiger charge is -2.39. The number of hydrogen-bond donors (Lipinski definition) is 1. The first-order valence-electron chi connectivity index (χ1n) is 10.6. The second kappa shape index (κ2) is 10.1. The Morgan fingerprint density at radius 3 is 2.48 bits per heavy atom. The summed E-state index contributed by atoms with van der Waals surface area (Å²) in [7, 11) is 1.56. The molecule has 0 aromatic heterocycles. The quantitative estimate of drug-likeness (QED) is 0.608. The van der Waals surface area contributed by atoms with Gasteiger partial charge in [-0.3, -0.25) is 4.90 Å². The standard InChI is InChI=1S/C26H28FNO3/c1-30-23-13-12-21(27)16-22(23)25(26(29)20-10-6-3-7-11-20)24-18-28(14-15-31-24)17-19-8-4-2-5-9-19/h2-13,16,24-26,29H,14-15,17-18H2,1H3. The smallest absolute Gasteiger partial charge is 0.123 e. The third kappa shape index (κ3) is 5.13. The molecule has 3 atom stereocenters. The molecule has 3 aromatic rings. The third-order valence-electron chi connectivity index (χ3n) is 5.86. The Kier molecular flexibility index (Phi) is 6.97. The Morgan fingerprint density at radius 2 is 1.77 bits per heavy atom. The highest BCUT2D eigenvalue weighted by atomic mass is 19.1. The predicted molar refractivity (Wildman–Crippen MR) is 119 cm³/mol. The third-order valence-corrected chi connectivity index (χ3v) is 5.86. The molecule has 1 heterocycles. The van der Waals surface area contributed by atoms with Crippen LogP contribution < -0.4 is 4.74 Å². The van der Waals surface area contributed by atoms with Crippen LogP contribution in [0.5, 0.6) is 5.75 Å². The zero-order valence-corrected chi connectivity index (χ0v) is 17.7. The molecule has 4 nitrogen and oxygen atoms in total. The first-order chi connectivity index (χ1) is 15.2. The lowest BCUT2D eigenvalue weighted by Crippen LogP contribution is -2.45. The largest absolute Gasteiger partial charge is 0.496 e. The number of methoxy groups -OCH3 is 1. The fourth-order valence-electron chi connectivity index (χ4n) is 4.33. The van der Waals surface area contributed by atoms with Crippen LogP contribution in [-0.4, -0.2) is 42.9 Å². The van der Waals surface area contributed by atoms with Crippen LogP contribution in [0.3, 0.4) is 0 Å². The maximum Gasteiger partial charge on any atom is 0.123 e. The number of aliphatic hydroxyl groups is 1. The van der Waals surface area contributed by atoms with Crippen LogP contribution in [0.4, 0.5) is 4.39 Å².